The van der Waals surface area contributed by atoms with Crippen LogP contribution in [-0.2, 0) is 4.79 Å². The molecule has 0 aromatic heterocycles. The summed E-state index contributed by atoms with van der Waals surface area (Å²) in [6.07, 6.45) is 5.40. The maximum Gasteiger partial charge on any atom is 0.332 e. The van der Waals surface area contributed by atoms with Crippen molar-refractivity contribution in [1.82, 2.24) is 10.6 Å². The zero-order valence-corrected chi connectivity index (χ0v) is 9.56. The van der Waals surface area contributed by atoms with Crippen molar-refractivity contribution in [3.63, 3.8) is 0 Å². The predicted octanol–water partition coefficient (Wildman–Crippen LogP) is 0.230. The van der Waals surface area contributed by atoms with E-state index in [0.717, 1.165) is 19.3 Å². The molecule has 0 aromatic carbocycles. The molecule has 0 spiro atoms. The van der Waals surface area contributed by atoms with E-state index in [1.165, 1.54) is 0 Å². The van der Waals surface area contributed by atoms with Gasteiger partial charge in [-0.25, -0.2) is 9.59 Å². The van der Waals surface area contributed by atoms with Gasteiger partial charge in [0.05, 0.1) is 0 Å². The van der Waals surface area contributed by atoms with E-state index in [1.54, 1.807) is 0 Å². The Morgan fingerprint density at radius 3 is 2.76 bits per heavy atom. The summed E-state index contributed by atoms with van der Waals surface area (Å²) in [5, 5.41) is 22.7. The number of nitrogens with one attached hydrogen (secondary N) is 2. The van der Waals surface area contributed by atoms with E-state index in [1.807, 2.05) is 6.08 Å². The van der Waals surface area contributed by atoms with Crippen LogP contribution in [0.1, 0.15) is 25.7 Å². The molecule has 96 valence electrons. The summed E-state index contributed by atoms with van der Waals surface area (Å²) in [6, 6.07) is -0.174. The van der Waals surface area contributed by atoms with E-state index in [2.05, 4.69) is 16.7 Å². The summed E-state index contributed by atoms with van der Waals surface area (Å²) in [7, 11) is 0. The van der Waals surface area contributed by atoms with Gasteiger partial charge in [0.25, 0.3) is 0 Å². The molecule has 0 aliphatic heterocycles. The van der Waals surface area contributed by atoms with Gasteiger partial charge in [-0.2, -0.15) is 0 Å². The lowest BCUT2D eigenvalue weighted by Gasteiger charge is -2.19. The van der Waals surface area contributed by atoms with E-state index in [4.69, 9.17) is 10.2 Å². The minimum absolute atomic E-state index is 0.00726. The highest BCUT2D eigenvalue weighted by Crippen LogP contribution is 2.09. The molecule has 17 heavy (non-hydrogen) atoms. The van der Waals surface area contributed by atoms with Gasteiger partial charge in [-0.05, 0) is 19.3 Å². The van der Waals surface area contributed by atoms with Crippen LogP contribution in [0.4, 0.5) is 4.79 Å². The first kappa shape index (κ1) is 13.5. The van der Waals surface area contributed by atoms with Crippen LogP contribution in [0.25, 0.3) is 0 Å². The Balaban J connectivity index is 2.12. The molecular weight excluding hydrogens is 224 g/mol. The standard InChI is InChI=1S/C11H18N2O4/c14-9(10(15)16)6-7-12-11(17)13-8-4-2-1-3-5-8/h1-2,8-9,14H,3-7H2,(H,15,16)(H2,12,13,17)/t8?,9-/m0/s1. The molecular formula is C11H18N2O4. The van der Waals surface area contributed by atoms with Crippen LogP contribution >= 0.6 is 0 Å². The summed E-state index contributed by atoms with van der Waals surface area (Å²) in [5.41, 5.74) is 0. The third kappa shape index (κ3) is 5.35. The topological polar surface area (TPSA) is 98.7 Å². The molecule has 0 saturated carbocycles. The second-order valence-electron chi connectivity index (χ2n) is 4.02. The van der Waals surface area contributed by atoms with Crippen molar-refractivity contribution in [3.8, 4) is 0 Å². The predicted molar refractivity (Wildman–Crippen MR) is 61.6 cm³/mol. The largest absolute Gasteiger partial charge is 0.479 e. The molecule has 6 heteroatoms. The number of aliphatic hydroxyl groups excluding tert-OH is 1. The van der Waals surface area contributed by atoms with E-state index in [0.29, 0.717) is 0 Å². The maximum absolute atomic E-state index is 11.4. The highest BCUT2D eigenvalue weighted by atomic mass is 16.4. The number of hydrogen-bond acceptors (Lipinski definition) is 3. The van der Waals surface area contributed by atoms with Gasteiger partial charge in [0.1, 0.15) is 0 Å². The van der Waals surface area contributed by atoms with Crippen LogP contribution in [0.15, 0.2) is 12.2 Å². The van der Waals surface area contributed by atoms with Crippen LogP contribution in [0.5, 0.6) is 0 Å². The lowest BCUT2D eigenvalue weighted by atomic mass is 10.0. The summed E-state index contributed by atoms with van der Waals surface area (Å²) in [5.74, 6) is -1.27. The van der Waals surface area contributed by atoms with Crippen LogP contribution in [0.2, 0.25) is 0 Å². The first-order valence-corrected chi connectivity index (χ1v) is 5.70. The first-order valence-electron chi connectivity index (χ1n) is 5.70. The summed E-state index contributed by atoms with van der Waals surface area (Å²) >= 11 is 0. The normalized spacial score (nSPS) is 20.6. The van der Waals surface area contributed by atoms with Gasteiger partial charge in [0, 0.05) is 19.0 Å². The highest BCUT2D eigenvalue weighted by Gasteiger charge is 2.15. The smallest absolute Gasteiger partial charge is 0.332 e. The Kier molecular flexibility index (Phi) is 5.48. The molecule has 1 rings (SSSR count). The Labute approximate surface area is 99.7 Å². The number of rotatable bonds is 5. The molecule has 6 nitrogen and oxygen atoms in total. The summed E-state index contributed by atoms with van der Waals surface area (Å²) in [6.45, 7) is 0.141. The molecule has 1 unspecified atom stereocenters. The van der Waals surface area contributed by atoms with Crippen molar-refractivity contribution in [3.05, 3.63) is 12.2 Å². The number of aliphatic carboxylic acids is 1. The number of carboxylic acid groups (broad SMARTS) is 1. The van der Waals surface area contributed by atoms with Crippen molar-refractivity contribution in [2.75, 3.05) is 6.54 Å². The number of carbonyl (C=O) groups is 2. The van der Waals surface area contributed by atoms with Crippen molar-refractivity contribution in [2.24, 2.45) is 0 Å². The molecule has 1 aliphatic carbocycles. The highest BCUT2D eigenvalue weighted by molar-refractivity contribution is 5.74. The van der Waals surface area contributed by atoms with Crippen molar-refractivity contribution in [2.45, 2.75) is 37.8 Å². The minimum atomic E-state index is -1.42. The SMILES string of the molecule is O=C(NCC[C@H](O)C(=O)O)NC1CC=CCC1. The van der Waals surface area contributed by atoms with Gasteiger partial charge in [-0.15, -0.1) is 0 Å². The van der Waals surface area contributed by atoms with Gasteiger partial charge in [-0.3, -0.25) is 0 Å². The molecule has 0 aromatic rings. The average molecular weight is 242 g/mol. The van der Waals surface area contributed by atoms with Crippen LogP contribution in [-0.4, -0.2) is 40.9 Å². The fourth-order valence-electron chi connectivity index (χ4n) is 1.61. The van der Waals surface area contributed by atoms with E-state index in [9.17, 15) is 9.59 Å². The second kappa shape index (κ2) is 6.90. The molecule has 0 fully saturated rings. The lowest BCUT2D eigenvalue weighted by molar-refractivity contribution is -0.146. The van der Waals surface area contributed by atoms with Gasteiger partial charge in [0.15, 0.2) is 6.10 Å². The zero-order valence-electron chi connectivity index (χ0n) is 9.56. The van der Waals surface area contributed by atoms with E-state index < -0.39 is 12.1 Å². The van der Waals surface area contributed by atoms with Gasteiger partial charge in [0.2, 0.25) is 0 Å². The van der Waals surface area contributed by atoms with E-state index >= 15 is 0 Å². The maximum atomic E-state index is 11.4. The molecule has 0 bridgehead atoms. The van der Waals surface area contributed by atoms with E-state index in [-0.39, 0.29) is 25.0 Å². The Morgan fingerprint density at radius 2 is 2.18 bits per heavy atom. The fourth-order valence-corrected chi connectivity index (χ4v) is 1.61. The molecule has 0 heterocycles. The van der Waals surface area contributed by atoms with Crippen LogP contribution < -0.4 is 10.6 Å². The van der Waals surface area contributed by atoms with Gasteiger partial charge >= 0.3 is 12.0 Å². The molecule has 2 amide bonds. The number of urea groups is 1. The number of carboxylic acids is 1. The third-order valence-electron chi connectivity index (χ3n) is 2.59. The molecule has 0 saturated heterocycles. The van der Waals surface area contributed by atoms with Crippen molar-refractivity contribution < 1.29 is 19.8 Å². The Morgan fingerprint density at radius 1 is 1.41 bits per heavy atom. The number of amides is 2. The van der Waals surface area contributed by atoms with Crippen molar-refractivity contribution >= 4 is 12.0 Å². The zero-order chi connectivity index (χ0) is 12.7. The van der Waals surface area contributed by atoms with Gasteiger partial charge < -0.3 is 20.8 Å². The number of carbonyl (C=O) groups excluding carboxylic acids is 1. The molecule has 4 N–H and O–H groups in total. The van der Waals surface area contributed by atoms with Crippen molar-refractivity contribution in [1.29, 1.82) is 0 Å². The third-order valence-corrected chi connectivity index (χ3v) is 2.59. The molecule has 1 aliphatic rings. The first-order chi connectivity index (χ1) is 8.09. The lowest BCUT2D eigenvalue weighted by Crippen LogP contribution is -2.43. The summed E-state index contributed by atoms with van der Waals surface area (Å²) in [4.78, 5) is 21.7. The minimum Gasteiger partial charge on any atom is -0.479 e. The second-order valence-corrected chi connectivity index (χ2v) is 4.02. The van der Waals surface area contributed by atoms with Crippen LogP contribution in [0, 0.1) is 0 Å². The Bertz CT molecular complexity index is 304. The monoisotopic (exact) mass is 242 g/mol. The summed E-state index contributed by atoms with van der Waals surface area (Å²) < 4.78 is 0. The Hall–Kier alpha value is -1.56. The number of hydrogen-bond donors (Lipinski definition) is 4. The molecule has 0 radical (unpaired) electrons. The van der Waals surface area contributed by atoms with Gasteiger partial charge in [-0.1, -0.05) is 12.2 Å². The average Bonchev–Trinajstić information content (AvgIpc) is 2.30. The molecule has 2 atom stereocenters. The fraction of sp³-hybridized carbons (Fsp3) is 0.636. The van der Waals surface area contributed by atoms with Crippen LogP contribution in [0.3, 0.4) is 0 Å². The number of aliphatic hydroxyl groups is 1. The quantitative estimate of drug-likeness (QED) is 0.519. The number of allylic oxidation sites excluding steroid dienone is 1.